The Kier molecular flexibility index (Phi) is 7.99. The van der Waals surface area contributed by atoms with E-state index in [4.69, 9.17) is 4.74 Å². The summed E-state index contributed by atoms with van der Waals surface area (Å²) < 4.78 is 28.6. The van der Waals surface area contributed by atoms with Gasteiger partial charge in [0, 0.05) is 30.3 Å². The molecule has 0 spiro atoms. The van der Waals surface area contributed by atoms with Crippen molar-refractivity contribution in [3.8, 4) is 5.75 Å². The summed E-state index contributed by atoms with van der Waals surface area (Å²) >= 11 is 0. The van der Waals surface area contributed by atoms with Gasteiger partial charge in [-0.05, 0) is 45.0 Å². The van der Waals surface area contributed by atoms with Crippen molar-refractivity contribution in [3.63, 3.8) is 0 Å². The predicted molar refractivity (Wildman–Crippen MR) is 121 cm³/mol. The summed E-state index contributed by atoms with van der Waals surface area (Å²) in [5.74, 6) is 1.55. The average molecular weight is 509 g/mol. The highest BCUT2D eigenvalue weighted by Gasteiger charge is 2.53. The van der Waals surface area contributed by atoms with Gasteiger partial charge in [0.1, 0.15) is 12.4 Å². The fourth-order valence-corrected chi connectivity index (χ4v) is 3.52. The number of rotatable bonds is 6. The number of benzene rings is 1. The van der Waals surface area contributed by atoms with Crippen molar-refractivity contribution in [3.05, 3.63) is 24.3 Å². The lowest BCUT2D eigenvalue weighted by atomic mass is 9.65. The monoisotopic (exact) mass is 509 g/mol. The van der Waals surface area contributed by atoms with Gasteiger partial charge in [0.25, 0.3) is 0 Å². The molecule has 6 nitrogen and oxygen atoms in total. The zero-order chi connectivity index (χ0) is 19.6. The van der Waals surface area contributed by atoms with Gasteiger partial charge >= 0.3 is 0 Å². The van der Waals surface area contributed by atoms with E-state index in [0.717, 1.165) is 19.0 Å². The number of halogens is 1. The van der Waals surface area contributed by atoms with Gasteiger partial charge < -0.3 is 15.0 Å². The van der Waals surface area contributed by atoms with Gasteiger partial charge in [0.15, 0.2) is 15.8 Å². The number of sulfone groups is 1. The third-order valence-corrected chi connectivity index (χ3v) is 6.48. The maximum Gasteiger partial charge on any atom is 0.194 e. The zero-order valence-electron chi connectivity index (χ0n) is 17.1. The van der Waals surface area contributed by atoms with Crippen molar-refractivity contribution in [2.45, 2.75) is 45.1 Å². The SMILES string of the molecule is CCNC(=NCCOc1ccc(S(C)(=O)=O)cc1)N1CC(C)(C)C1(C)C.I. The Morgan fingerprint density at radius 3 is 2.26 bits per heavy atom. The molecule has 0 atom stereocenters. The Labute approximate surface area is 180 Å². The molecule has 0 saturated carbocycles. The molecule has 0 unspecified atom stereocenters. The molecule has 0 aromatic heterocycles. The van der Waals surface area contributed by atoms with Crippen LogP contribution in [0.2, 0.25) is 0 Å². The molecule has 154 valence electrons. The first-order chi connectivity index (χ1) is 12.0. The fraction of sp³-hybridized carbons (Fsp3) is 0.632. The highest BCUT2D eigenvalue weighted by atomic mass is 127. The Balaban J connectivity index is 0.00000364. The largest absolute Gasteiger partial charge is 0.492 e. The van der Waals surface area contributed by atoms with Gasteiger partial charge in [-0.1, -0.05) is 13.8 Å². The summed E-state index contributed by atoms with van der Waals surface area (Å²) in [5.41, 5.74) is 0.303. The molecule has 0 radical (unpaired) electrons. The number of ether oxygens (including phenoxy) is 1. The Bertz CT molecular complexity index is 759. The van der Waals surface area contributed by atoms with Crippen molar-refractivity contribution < 1.29 is 13.2 Å². The number of aliphatic imine (C=N–C) groups is 1. The molecule has 1 aromatic carbocycles. The van der Waals surface area contributed by atoms with Gasteiger partial charge in [-0.3, -0.25) is 0 Å². The van der Waals surface area contributed by atoms with Crippen LogP contribution in [0.5, 0.6) is 5.75 Å². The van der Waals surface area contributed by atoms with Crippen molar-refractivity contribution in [1.29, 1.82) is 0 Å². The topological polar surface area (TPSA) is 71.0 Å². The van der Waals surface area contributed by atoms with E-state index < -0.39 is 9.84 Å². The summed E-state index contributed by atoms with van der Waals surface area (Å²) in [6.45, 7) is 13.8. The van der Waals surface area contributed by atoms with Crippen LogP contribution in [0.4, 0.5) is 0 Å². The van der Waals surface area contributed by atoms with Gasteiger partial charge in [0.05, 0.1) is 11.4 Å². The van der Waals surface area contributed by atoms with Crippen molar-refractivity contribution >= 4 is 39.8 Å². The van der Waals surface area contributed by atoms with Crippen molar-refractivity contribution in [1.82, 2.24) is 10.2 Å². The molecule has 1 saturated heterocycles. The van der Waals surface area contributed by atoms with E-state index in [1.54, 1.807) is 24.3 Å². The quantitative estimate of drug-likeness (QED) is 0.276. The van der Waals surface area contributed by atoms with Crippen LogP contribution in [0.25, 0.3) is 0 Å². The number of nitrogens with zero attached hydrogens (tertiary/aromatic N) is 2. The van der Waals surface area contributed by atoms with Gasteiger partial charge in [-0.2, -0.15) is 0 Å². The van der Waals surface area contributed by atoms with E-state index in [0.29, 0.717) is 23.8 Å². The summed E-state index contributed by atoms with van der Waals surface area (Å²) in [6, 6.07) is 6.46. The van der Waals surface area contributed by atoms with E-state index in [9.17, 15) is 8.42 Å². The highest BCUT2D eigenvalue weighted by molar-refractivity contribution is 14.0. The van der Waals surface area contributed by atoms with Crippen LogP contribution in [0, 0.1) is 5.41 Å². The minimum absolute atomic E-state index is 0. The second-order valence-electron chi connectivity index (χ2n) is 7.86. The molecule has 1 N–H and O–H groups in total. The molecule has 8 heteroatoms. The van der Waals surface area contributed by atoms with Crippen LogP contribution in [0.3, 0.4) is 0 Å². The first-order valence-corrected chi connectivity index (χ1v) is 10.9. The lowest BCUT2D eigenvalue weighted by Gasteiger charge is -2.62. The molecule has 0 amide bonds. The third kappa shape index (κ3) is 5.49. The molecule has 2 rings (SSSR count). The molecule has 27 heavy (non-hydrogen) atoms. The molecule has 1 aliphatic heterocycles. The van der Waals surface area contributed by atoms with E-state index in [1.807, 2.05) is 0 Å². The van der Waals surface area contributed by atoms with Crippen LogP contribution in [-0.2, 0) is 9.84 Å². The summed E-state index contributed by atoms with van der Waals surface area (Å²) in [6.07, 6.45) is 1.19. The molecule has 1 heterocycles. The maximum absolute atomic E-state index is 11.5. The van der Waals surface area contributed by atoms with E-state index in [-0.39, 0.29) is 34.9 Å². The Hall–Kier alpha value is -1.03. The molecule has 1 aromatic rings. The number of hydrogen-bond donors (Lipinski definition) is 1. The van der Waals surface area contributed by atoms with E-state index in [1.165, 1.54) is 6.26 Å². The van der Waals surface area contributed by atoms with Crippen LogP contribution in [-0.4, -0.2) is 57.3 Å². The summed E-state index contributed by atoms with van der Waals surface area (Å²) in [5, 5.41) is 3.35. The zero-order valence-corrected chi connectivity index (χ0v) is 20.2. The number of hydrogen-bond acceptors (Lipinski definition) is 4. The number of guanidine groups is 1. The minimum Gasteiger partial charge on any atom is -0.492 e. The molecule has 1 fully saturated rings. The lowest BCUT2D eigenvalue weighted by molar-refractivity contribution is -0.0667. The Morgan fingerprint density at radius 2 is 1.81 bits per heavy atom. The molecule has 0 bridgehead atoms. The van der Waals surface area contributed by atoms with Gasteiger partial charge in [-0.15, -0.1) is 24.0 Å². The minimum atomic E-state index is -3.18. The standard InChI is InChI=1S/C19H31N3O3S.HI/c1-7-20-17(22-14-18(2,3)19(22,4)5)21-12-13-25-15-8-10-16(11-9-15)26(6,23)24;/h8-11H,7,12-14H2,1-6H3,(H,20,21);1H. The van der Waals surface area contributed by atoms with Crippen molar-refractivity contribution in [2.75, 3.05) is 32.5 Å². The van der Waals surface area contributed by atoms with Crippen LogP contribution in [0.1, 0.15) is 34.6 Å². The summed E-state index contributed by atoms with van der Waals surface area (Å²) in [7, 11) is -3.18. The van der Waals surface area contributed by atoms with Gasteiger partial charge in [0.2, 0.25) is 0 Å². The third-order valence-electron chi connectivity index (χ3n) is 5.35. The second-order valence-corrected chi connectivity index (χ2v) is 9.87. The first-order valence-electron chi connectivity index (χ1n) is 8.98. The van der Waals surface area contributed by atoms with Crippen LogP contribution in [0.15, 0.2) is 34.2 Å². The smallest absolute Gasteiger partial charge is 0.194 e. The number of nitrogens with one attached hydrogen (secondary N) is 1. The molecular formula is C19H32IN3O3S. The number of likely N-dealkylation sites (tertiary alicyclic amines) is 1. The normalized spacial score (nSPS) is 18.3. The average Bonchev–Trinajstić information content (AvgIpc) is 2.55. The lowest BCUT2D eigenvalue weighted by Crippen LogP contribution is -2.72. The summed E-state index contributed by atoms with van der Waals surface area (Å²) in [4.78, 5) is 7.27. The molecule has 0 aliphatic carbocycles. The fourth-order valence-electron chi connectivity index (χ4n) is 2.89. The van der Waals surface area contributed by atoms with Crippen molar-refractivity contribution in [2.24, 2.45) is 10.4 Å². The highest BCUT2D eigenvalue weighted by Crippen LogP contribution is 2.46. The maximum atomic E-state index is 11.5. The Morgan fingerprint density at radius 1 is 1.22 bits per heavy atom. The van der Waals surface area contributed by atoms with Crippen LogP contribution >= 0.6 is 24.0 Å². The first kappa shape index (κ1) is 24.0. The van der Waals surface area contributed by atoms with Gasteiger partial charge in [-0.25, -0.2) is 13.4 Å². The predicted octanol–water partition coefficient (Wildman–Crippen LogP) is 3.17. The van der Waals surface area contributed by atoms with E-state index >= 15 is 0 Å². The van der Waals surface area contributed by atoms with Crippen LogP contribution < -0.4 is 10.1 Å². The molecular weight excluding hydrogens is 477 g/mol. The van der Waals surface area contributed by atoms with E-state index in [2.05, 4.69) is 49.8 Å². The molecule has 1 aliphatic rings. The second kappa shape index (κ2) is 8.98.